The van der Waals surface area contributed by atoms with Gasteiger partial charge in [0.1, 0.15) is 5.75 Å². The largest absolute Gasteiger partial charge is 0.497 e. The van der Waals surface area contributed by atoms with Crippen molar-refractivity contribution in [3.8, 4) is 5.75 Å². The molecule has 0 saturated carbocycles. The number of fused-ring (bicyclic) bond motifs is 1. The number of benzene rings is 2. The minimum absolute atomic E-state index is 0.433. The van der Waals surface area contributed by atoms with E-state index in [9.17, 15) is 4.79 Å². The number of oxime groups is 1. The molecule has 2 aromatic rings. The Hall–Kier alpha value is -1.89. The first-order valence-corrected chi connectivity index (χ1v) is 8.47. The fraction of sp³-hybridized carbons (Fsp3) is 0.222. The van der Waals surface area contributed by atoms with Crippen LogP contribution in [-0.2, 0) is 11.3 Å². The highest BCUT2D eigenvalue weighted by atomic mass is 127. The standard InChI is InChI=1S/C18H16INO3/c1-22-13-10-9-12-5-4-8-17(15(12)11-13)20-23-18(21)14-6-2-3-7-16(14)19/h2-3,6-7,9-11H,4-5,8H2,1H3/b20-17+. The highest BCUT2D eigenvalue weighted by Gasteiger charge is 2.18. The van der Waals surface area contributed by atoms with Crippen LogP contribution in [0.25, 0.3) is 0 Å². The highest BCUT2D eigenvalue weighted by Crippen LogP contribution is 2.26. The number of hydrogen-bond acceptors (Lipinski definition) is 4. The molecule has 1 aliphatic rings. The molecule has 0 spiro atoms. The summed E-state index contributed by atoms with van der Waals surface area (Å²) in [5.74, 6) is 0.347. The fourth-order valence-electron chi connectivity index (χ4n) is 2.62. The Morgan fingerprint density at radius 2 is 2.00 bits per heavy atom. The first-order chi connectivity index (χ1) is 11.2. The van der Waals surface area contributed by atoms with Crippen LogP contribution in [0.5, 0.6) is 5.75 Å². The van der Waals surface area contributed by atoms with Gasteiger partial charge in [-0.05, 0) is 71.7 Å². The minimum atomic E-state index is -0.433. The molecule has 0 saturated heterocycles. The van der Waals surface area contributed by atoms with Gasteiger partial charge in [-0.1, -0.05) is 23.4 Å². The van der Waals surface area contributed by atoms with Gasteiger partial charge >= 0.3 is 5.97 Å². The average molecular weight is 421 g/mol. The zero-order valence-electron chi connectivity index (χ0n) is 12.7. The molecule has 0 bridgehead atoms. The first-order valence-electron chi connectivity index (χ1n) is 7.39. The molecule has 0 radical (unpaired) electrons. The third-order valence-electron chi connectivity index (χ3n) is 3.82. The maximum atomic E-state index is 12.2. The van der Waals surface area contributed by atoms with Crippen LogP contribution in [0, 0.1) is 3.57 Å². The van der Waals surface area contributed by atoms with Gasteiger partial charge in [-0.2, -0.15) is 0 Å². The van der Waals surface area contributed by atoms with Crippen LogP contribution in [0.3, 0.4) is 0 Å². The number of nitrogens with zero attached hydrogens (tertiary/aromatic N) is 1. The van der Waals surface area contributed by atoms with Crippen molar-refractivity contribution in [2.24, 2.45) is 5.16 Å². The van der Waals surface area contributed by atoms with Crippen molar-refractivity contribution in [2.45, 2.75) is 19.3 Å². The summed E-state index contributed by atoms with van der Waals surface area (Å²) in [6, 6.07) is 13.2. The van der Waals surface area contributed by atoms with Gasteiger partial charge in [-0.15, -0.1) is 0 Å². The molecule has 0 heterocycles. The van der Waals surface area contributed by atoms with Crippen LogP contribution < -0.4 is 4.74 Å². The van der Waals surface area contributed by atoms with Crippen LogP contribution >= 0.6 is 22.6 Å². The quantitative estimate of drug-likeness (QED) is 0.424. The first kappa shape index (κ1) is 16.0. The second-order valence-electron chi connectivity index (χ2n) is 5.27. The van der Waals surface area contributed by atoms with E-state index in [2.05, 4.69) is 27.7 Å². The van der Waals surface area contributed by atoms with Gasteiger partial charge in [0.25, 0.3) is 0 Å². The Labute approximate surface area is 148 Å². The monoisotopic (exact) mass is 421 g/mol. The van der Waals surface area contributed by atoms with E-state index in [0.29, 0.717) is 5.56 Å². The van der Waals surface area contributed by atoms with Gasteiger partial charge in [0, 0.05) is 9.13 Å². The van der Waals surface area contributed by atoms with E-state index in [1.807, 2.05) is 36.4 Å². The number of rotatable bonds is 3. The molecule has 0 aliphatic heterocycles. The maximum Gasteiger partial charge on any atom is 0.366 e. The van der Waals surface area contributed by atoms with Crippen LogP contribution in [0.1, 0.15) is 34.3 Å². The summed E-state index contributed by atoms with van der Waals surface area (Å²) in [5, 5.41) is 4.13. The number of ether oxygens (including phenoxy) is 1. The highest BCUT2D eigenvalue weighted by molar-refractivity contribution is 14.1. The van der Waals surface area contributed by atoms with Crippen molar-refractivity contribution >= 4 is 34.3 Å². The molecule has 1 aliphatic carbocycles. The van der Waals surface area contributed by atoms with Gasteiger partial charge < -0.3 is 9.57 Å². The second-order valence-corrected chi connectivity index (χ2v) is 6.44. The Morgan fingerprint density at radius 3 is 2.78 bits per heavy atom. The SMILES string of the molecule is COc1ccc2c(c1)/C(=N/OC(=O)c1ccccc1I)CCC2. The molecule has 2 aromatic carbocycles. The second kappa shape index (κ2) is 7.12. The zero-order valence-corrected chi connectivity index (χ0v) is 14.9. The number of hydrogen-bond donors (Lipinski definition) is 0. The predicted octanol–water partition coefficient (Wildman–Crippen LogP) is 4.20. The molecule has 5 heteroatoms. The zero-order chi connectivity index (χ0) is 16.2. The molecule has 23 heavy (non-hydrogen) atoms. The fourth-order valence-corrected chi connectivity index (χ4v) is 3.23. The van der Waals surface area contributed by atoms with E-state index < -0.39 is 5.97 Å². The van der Waals surface area contributed by atoms with Crippen LogP contribution in [0.4, 0.5) is 0 Å². The minimum Gasteiger partial charge on any atom is -0.497 e. The number of aryl methyl sites for hydroxylation is 1. The summed E-state index contributed by atoms with van der Waals surface area (Å²) in [6.45, 7) is 0. The van der Waals surface area contributed by atoms with Gasteiger partial charge in [-0.25, -0.2) is 4.79 Å². The molecule has 3 rings (SSSR count). The molecule has 4 nitrogen and oxygen atoms in total. The summed E-state index contributed by atoms with van der Waals surface area (Å²) in [5.41, 5.74) is 3.54. The van der Waals surface area contributed by atoms with Crippen molar-refractivity contribution in [3.63, 3.8) is 0 Å². The van der Waals surface area contributed by atoms with Crippen molar-refractivity contribution in [2.75, 3.05) is 7.11 Å². The molecule has 0 amide bonds. The van der Waals surface area contributed by atoms with E-state index >= 15 is 0 Å². The summed E-state index contributed by atoms with van der Waals surface area (Å²) in [7, 11) is 1.64. The Bertz CT molecular complexity index is 771. The number of carbonyl (C=O) groups is 1. The lowest BCUT2D eigenvalue weighted by Gasteiger charge is -2.18. The van der Waals surface area contributed by atoms with Gasteiger partial charge in [0.15, 0.2) is 0 Å². The smallest absolute Gasteiger partial charge is 0.366 e. The van der Waals surface area contributed by atoms with Crippen LogP contribution in [0.15, 0.2) is 47.6 Å². The third kappa shape index (κ3) is 3.55. The molecular formula is C18H16INO3. The van der Waals surface area contributed by atoms with Crippen molar-refractivity contribution in [1.82, 2.24) is 0 Å². The average Bonchev–Trinajstić information content (AvgIpc) is 2.59. The molecular weight excluding hydrogens is 405 g/mol. The third-order valence-corrected chi connectivity index (χ3v) is 4.76. The number of carbonyl (C=O) groups excluding carboxylic acids is 1. The maximum absolute atomic E-state index is 12.2. The Kier molecular flexibility index (Phi) is 4.95. The van der Waals surface area contributed by atoms with Crippen LogP contribution in [0.2, 0.25) is 0 Å². The Balaban J connectivity index is 1.84. The van der Waals surface area contributed by atoms with Crippen LogP contribution in [-0.4, -0.2) is 18.8 Å². The molecule has 0 N–H and O–H groups in total. The van der Waals surface area contributed by atoms with Crippen molar-refractivity contribution in [1.29, 1.82) is 0 Å². The lowest BCUT2D eigenvalue weighted by Crippen LogP contribution is -2.14. The van der Waals surface area contributed by atoms with E-state index in [1.54, 1.807) is 13.2 Å². The van der Waals surface area contributed by atoms with Crippen molar-refractivity contribution in [3.05, 3.63) is 62.7 Å². The van der Waals surface area contributed by atoms with E-state index in [-0.39, 0.29) is 0 Å². The number of methoxy groups -OCH3 is 1. The van der Waals surface area contributed by atoms with Gasteiger partial charge in [0.2, 0.25) is 0 Å². The molecule has 0 aromatic heterocycles. The van der Waals surface area contributed by atoms with Gasteiger partial charge in [-0.3, -0.25) is 0 Å². The van der Waals surface area contributed by atoms with Crippen molar-refractivity contribution < 1.29 is 14.4 Å². The topological polar surface area (TPSA) is 47.9 Å². The number of halogens is 1. The lowest BCUT2D eigenvalue weighted by molar-refractivity contribution is 0.0514. The summed E-state index contributed by atoms with van der Waals surface area (Å²) < 4.78 is 6.12. The van der Waals surface area contributed by atoms with E-state index in [0.717, 1.165) is 39.9 Å². The molecule has 118 valence electrons. The molecule has 0 atom stereocenters. The van der Waals surface area contributed by atoms with Gasteiger partial charge in [0.05, 0.1) is 18.4 Å². The summed E-state index contributed by atoms with van der Waals surface area (Å²) in [6.07, 6.45) is 2.79. The lowest BCUT2D eigenvalue weighted by atomic mass is 9.90. The normalized spacial score (nSPS) is 15.1. The molecule has 0 unspecified atom stereocenters. The van der Waals surface area contributed by atoms with E-state index in [4.69, 9.17) is 9.57 Å². The predicted molar refractivity (Wildman–Crippen MR) is 97.0 cm³/mol. The van der Waals surface area contributed by atoms with E-state index in [1.165, 1.54) is 5.56 Å². The summed E-state index contributed by atoms with van der Waals surface area (Å²) >= 11 is 2.11. The Morgan fingerprint density at radius 1 is 1.17 bits per heavy atom. The molecule has 0 fully saturated rings. The summed E-state index contributed by atoms with van der Waals surface area (Å²) in [4.78, 5) is 17.4.